The van der Waals surface area contributed by atoms with Gasteiger partial charge < -0.3 is 5.32 Å². The highest BCUT2D eigenvalue weighted by atomic mass is 16.2. The van der Waals surface area contributed by atoms with Gasteiger partial charge in [-0.1, -0.05) is 60.7 Å². The highest BCUT2D eigenvalue weighted by Crippen LogP contribution is 2.48. The molecule has 4 nitrogen and oxygen atoms in total. The zero-order valence-electron chi connectivity index (χ0n) is 15.9. The number of aromatic nitrogens is 2. The van der Waals surface area contributed by atoms with E-state index >= 15 is 0 Å². The van der Waals surface area contributed by atoms with Crippen molar-refractivity contribution in [2.75, 3.05) is 0 Å². The summed E-state index contributed by atoms with van der Waals surface area (Å²) in [6.07, 6.45) is 1.85. The summed E-state index contributed by atoms with van der Waals surface area (Å²) < 4.78 is 2.02. The van der Waals surface area contributed by atoms with E-state index in [-0.39, 0.29) is 11.3 Å². The number of benzene rings is 2. The Balaban J connectivity index is 1.47. The zero-order chi connectivity index (χ0) is 18.9. The maximum atomic E-state index is 12.9. The summed E-state index contributed by atoms with van der Waals surface area (Å²) in [5.74, 6) is 0.128. The Morgan fingerprint density at radius 2 is 1.67 bits per heavy atom. The molecule has 0 atom stereocenters. The van der Waals surface area contributed by atoms with Gasteiger partial charge in [0, 0.05) is 17.8 Å². The minimum Gasteiger partial charge on any atom is -0.351 e. The Morgan fingerprint density at radius 3 is 2.30 bits per heavy atom. The molecule has 4 heteroatoms. The molecule has 1 heterocycles. The number of nitrogens with one attached hydrogen (secondary N) is 1. The monoisotopic (exact) mass is 359 g/mol. The number of rotatable bonds is 6. The molecule has 1 saturated carbocycles. The summed E-state index contributed by atoms with van der Waals surface area (Å²) in [5.41, 5.74) is 5.22. The van der Waals surface area contributed by atoms with Crippen LogP contribution in [-0.2, 0) is 23.3 Å². The Hall–Kier alpha value is -2.88. The highest BCUT2D eigenvalue weighted by Gasteiger charge is 2.51. The highest BCUT2D eigenvalue weighted by molar-refractivity contribution is 5.91. The summed E-state index contributed by atoms with van der Waals surface area (Å²) in [7, 11) is 0. The Bertz CT molecular complexity index is 941. The minimum atomic E-state index is -0.330. The van der Waals surface area contributed by atoms with Gasteiger partial charge in [-0.2, -0.15) is 5.10 Å². The molecular weight excluding hydrogens is 334 g/mol. The SMILES string of the molecule is Cc1nn(Cc2ccccc2)c(C)c1CNC(=O)C1(c2ccccc2)CC1. The first kappa shape index (κ1) is 17.5. The van der Waals surface area contributed by atoms with Crippen LogP contribution >= 0.6 is 0 Å². The molecule has 0 saturated heterocycles. The van der Waals surface area contributed by atoms with E-state index in [9.17, 15) is 4.79 Å². The minimum absolute atomic E-state index is 0.128. The van der Waals surface area contributed by atoms with Gasteiger partial charge in [0.05, 0.1) is 17.7 Å². The van der Waals surface area contributed by atoms with Crippen molar-refractivity contribution in [3.05, 3.63) is 88.7 Å². The van der Waals surface area contributed by atoms with Gasteiger partial charge in [-0.15, -0.1) is 0 Å². The van der Waals surface area contributed by atoms with Gasteiger partial charge in [-0.25, -0.2) is 0 Å². The Kier molecular flexibility index (Phi) is 4.56. The molecule has 1 N–H and O–H groups in total. The summed E-state index contributed by atoms with van der Waals surface area (Å²) >= 11 is 0. The third-order valence-corrected chi connectivity index (χ3v) is 5.64. The summed E-state index contributed by atoms with van der Waals surface area (Å²) in [6.45, 7) is 5.36. The zero-order valence-corrected chi connectivity index (χ0v) is 15.9. The van der Waals surface area contributed by atoms with Crippen molar-refractivity contribution in [2.24, 2.45) is 0 Å². The molecule has 1 aromatic heterocycles. The van der Waals surface area contributed by atoms with Crippen LogP contribution in [0.2, 0.25) is 0 Å². The van der Waals surface area contributed by atoms with Gasteiger partial charge >= 0.3 is 0 Å². The molecule has 0 radical (unpaired) electrons. The van der Waals surface area contributed by atoms with Crippen LogP contribution < -0.4 is 5.32 Å². The summed E-state index contributed by atoms with van der Waals surface area (Å²) in [6, 6.07) is 20.4. The Morgan fingerprint density at radius 1 is 1.04 bits per heavy atom. The molecule has 0 unspecified atom stereocenters. The van der Waals surface area contributed by atoms with Crippen LogP contribution in [0.3, 0.4) is 0 Å². The van der Waals surface area contributed by atoms with E-state index in [0.717, 1.165) is 41.9 Å². The average Bonchev–Trinajstić information content (AvgIpc) is 3.46. The topological polar surface area (TPSA) is 46.9 Å². The second kappa shape index (κ2) is 7.03. The van der Waals surface area contributed by atoms with Crippen LogP contribution in [-0.4, -0.2) is 15.7 Å². The predicted octanol–water partition coefficient (Wildman–Crippen LogP) is 3.90. The number of nitrogens with zero attached hydrogens (tertiary/aromatic N) is 2. The quantitative estimate of drug-likeness (QED) is 0.726. The lowest BCUT2D eigenvalue weighted by Crippen LogP contribution is -2.34. The number of hydrogen-bond donors (Lipinski definition) is 1. The number of hydrogen-bond acceptors (Lipinski definition) is 2. The van der Waals surface area contributed by atoms with Gasteiger partial charge in [0.2, 0.25) is 5.91 Å². The summed E-state index contributed by atoms with van der Waals surface area (Å²) in [5, 5.41) is 7.85. The smallest absolute Gasteiger partial charge is 0.230 e. The fraction of sp³-hybridized carbons (Fsp3) is 0.304. The molecule has 1 aliphatic carbocycles. The molecule has 0 spiro atoms. The molecule has 0 aliphatic heterocycles. The molecule has 1 aliphatic rings. The van der Waals surface area contributed by atoms with Gasteiger partial charge in [0.15, 0.2) is 0 Å². The second-order valence-corrected chi connectivity index (χ2v) is 7.42. The first-order chi connectivity index (χ1) is 13.1. The van der Waals surface area contributed by atoms with Crippen molar-refractivity contribution >= 4 is 5.91 Å². The number of carbonyl (C=O) groups excluding carboxylic acids is 1. The molecule has 138 valence electrons. The molecule has 4 rings (SSSR count). The predicted molar refractivity (Wildman–Crippen MR) is 106 cm³/mol. The van der Waals surface area contributed by atoms with Crippen molar-refractivity contribution in [1.29, 1.82) is 0 Å². The van der Waals surface area contributed by atoms with E-state index in [1.165, 1.54) is 5.56 Å². The molecule has 1 fully saturated rings. The fourth-order valence-electron chi connectivity index (χ4n) is 3.77. The first-order valence-electron chi connectivity index (χ1n) is 9.51. The van der Waals surface area contributed by atoms with Crippen molar-refractivity contribution in [3.63, 3.8) is 0 Å². The summed E-state index contributed by atoms with van der Waals surface area (Å²) in [4.78, 5) is 12.9. The van der Waals surface area contributed by atoms with E-state index < -0.39 is 0 Å². The Labute approximate surface area is 160 Å². The van der Waals surface area contributed by atoms with E-state index in [2.05, 4.69) is 41.6 Å². The van der Waals surface area contributed by atoms with E-state index in [0.29, 0.717) is 6.54 Å². The van der Waals surface area contributed by atoms with Gasteiger partial charge in [0.25, 0.3) is 0 Å². The molecule has 3 aromatic rings. The molecule has 27 heavy (non-hydrogen) atoms. The van der Waals surface area contributed by atoms with Crippen molar-refractivity contribution < 1.29 is 4.79 Å². The molecule has 2 aromatic carbocycles. The average molecular weight is 359 g/mol. The lowest BCUT2D eigenvalue weighted by atomic mass is 9.95. The van der Waals surface area contributed by atoms with E-state index in [1.54, 1.807) is 0 Å². The van der Waals surface area contributed by atoms with Crippen LogP contribution in [0.25, 0.3) is 0 Å². The largest absolute Gasteiger partial charge is 0.351 e. The first-order valence-corrected chi connectivity index (χ1v) is 9.51. The van der Waals surface area contributed by atoms with Crippen molar-refractivity contribution in [1.82, 2.24) is 15.1 Å². The number of carbonyl (C=O) groups is 1. The maximum absolute atomic E-state index is 12.9. The molecule has 0 bridgehead atoms. The number of aryl methyl sites for hydroxylation is 1. The molecule has 1 amide bonds. The van der Waals surface area contributed by atoms with Crippen molar-refractivity contribution in [3.8, 4) is 0 Å². The lowest BCUT2D eigenvalue weighted by molar-refractivity contribution is -0.123. The normalized spacial score (nSPS) is 14.7. The standard InChI is InChI=1S/C23H25N3O/c1-17-21(18(2)26(25-17)16-19-9-5-3-6-10-19)15-24-22(27)23(13-14-23)20-11-7-4-8-12-20/h3-12H,13-16H2,1-2H3,(H,24,27). The molecular formula is C23H25N3O. The van der Waals surface area contributed by atoms with Crippen LogP contribution in [0.5, 0.6) is 0 Å². The van der Waals surface area contributed by atoms with Gasteiger partial charge in [-0.05, 0) is 37.8 Å². The van der Waals surface area contributed by atoms with Gasteiger partial charge in [0.1, 0.15) is 0 Å². The third kappa shape index (κ3) is 3.39. The van der Waals surface area contributed by atoms with E-state index in [4.69, 9.17) is 0 Å². The van der Waals surface area contributed by atoms with Gasteiger partial charge in [-0.3, -0.25) is 9.48 Å². The van der Waals surface area contributed by atoms with Crippen LogP contribution in [0.1, 0.15) is 40.9 Å². The van der Waals surface area contributed by atoms with Crippen molar-refractivity contribution in [2.45, 2.75) is 45.2 Å². The van der Waals surface area contributed by atoms with Crippen LogP contribution in [0, 0.1) is 13.8 Å². The lowest BCUT2D eigenvalue weighted by Gasteiger charge is -2.16. The van der Waals surface area contributed by atoms with Crippen LogP contribution in [0.15, 0.2) is 60.7 Å². The van der Waals surface area contributed by atoms with E-state index in [1.807, 2.05) is 48.0 Å². The third-order valence-electron chi connectivity index (χ3n) is 5.64. The maximum Gasteiger partial charge on any atom is 0.230 e. The fourth-order valence-corrected chi connectivity index (χ4v) is 3.77. The second-order valence-electron chi connectivity index (χ2n) is 7.42. The van der Waals surface area contributed by atoms with Crippen LogP contribution in [0.4, 0.5) is 0 Å². The number of amides is 1.